The molecule has 134 valence electrons. The summed E-state index contributed by atoms with van der Waals surface area (Å²) in [5.41, 5.74) is 1.72. The molecule has 0 aromatic carbocycles. The third-order valence-corrected chi connectivity index (χ3v) is 3.80. The Labute approximate surface area is 147 Å². The zero-order valence-electron chi connectivity index (χ0n) is 13.1. The van der Waals surface area contributed by atoms with Gasteiger partial charge in [0, 0.05) is 19.3 Å². The molecule has 2 atom stereocenters. The molecule has 2 unspecified atom stereocenters. The van der Waals surface area contributed by atoms with E-state index >= 15 is 0 Å². The lowest BCUT2D eigenvalue weighted by Crippen LogP contribution is -2.43. The van der Waals surface area contributed by atoms with Crippen molar-refractivity contribution < 1.29 is 14.6 Å². The number of nitrogens with one attached hydrogen (secondary N) is 2. The maximum absolute atomic E-state index is 12.6. The number of carbonyl (C=O) groups excluding carboxylic acids is 1. The van der Waals surface area contributed by atoms with Gasteiger partial charge in [0.2, 0.25) is 0 Å². The molecule has 1 aliphatic heterocycles. The van der Waals surface area contributed by atoms with E-state index in [2.05, 4.69) is 15.6 Å². The number of aliphatic hydroxyl groups is 1. The van der Waals surface area contributed by atoms with Crippen LogP contribution < -0.4 is 15.4 Å². The van der Waals surface area contributed by atoms with Crippen molar-refractivity contribution >= 4 is 24.0 Å². The second-order valence-corrected chi connectivity index (χ2v) is 5.35. The lowest BCUT2D eigenvalue weighted by Gasteiger charge is -2.15. The number of amides is 1. The number of aryl methyl sites for hydroxylation is 1. The monoisotopic (exact) mass is 356 g/mol. The lowest BCUT2D eigenvalue weighted by atomic mass is 10.2. The molecule has 7 nitrogen and oxygen atoms in total. The van der Waals surface area contributed by atoms with E-state index in [1.807, 2.05) is 19.1 Å². The van der Waals surface area contributed by atoms with Crippen LogP contribution >= 0.6 is 12.4 Å². The SMILES string of the molecule is C.CCOc1cccn2c(C(=O)NC3CNCC3O)c(C)nc12.Cl. The Hall–Kier alpha value is -1.83. The van der Waals surface area contributed by atoms with E-state index in [0.29, 0.717) is 42.5 Å². The van der Waals surface area contributed by atoms with E-state index in [-0.39, 0.29) is 31.8 Å². The summed E-state index contributed by atoms with van der Waals surface area (Å²) < 4.78 is 7.28. The standard InChI is InChI=1S/C15H20N4O3.CH4.ClH/c1-3-22-12-5-4-6-19-13(9(2)17-14(12)19)15(21)18-10-7-16-8-11(10)20;;/h4-6,10-11,16,20H,3,7-8H2,1-2H3,(H,18,21);1H4;1H. The van der Waals surface area contributed by atoms with E-state index in [0.717, 1.165) is 0 Å². The minimum atomic E-state index is -0.567. The van der Waals surface area contributed by atoms with Crippen molar-refractivity contribution in [2.75, 3.05) is 19.7 Å². The molecular weight excluding hydrogens is 332 g/mol. The van der Waals surface area contributed by atoms with E-state index in [1.165, 1.54) is 0 Å². The molecule has 0 aliphatic carbocycles. The van der Waals surface area contributed by atoms with Gasteiger partial charge < -0.3 is 20.5 Å². The van der Waals surface area contributed by atoms with Crippen molar-refractivity contribution in [3.63, 3.8) is 0 Å². The predicted octanol–water partition coefficient (Wildman–Crippen LogP) is 1.16. The highest BCUT2D eigenvalue weighted by atomic mass is 35.5. The maximum Gasteiger partial charge on any atom is 0.270 e. The number of nitrogens with zero attached hydrogens (tertiary/aromatic N) is 2. The normalized spacial score (nSPS) is 19.5. The first-order valence-electron chi connectivity index (χ1n) is 7.42. The van der Waals surface area contributed by atoms with Crippen LogP contribution in [0, 0.1) is 6.92 Å². The summed E-state index contributed by atoms with van der Waals surface area (Å²) in [6.07, 6.45) is 1.22. The van der Waals surface area contributed by atoms with Gasteiger partial charge in [-0.25, -0.2) is 4.98 Å². The molecule has 2 aromatic rings. The third kappa shape index (κ3) is 3.63. The van der Waals surface area contributed by atoms with Crippen molar-refractivity contribution in [1.29, 1.82) is 0 Å². The van der Waals surface area contributed by atoms with Gasteiger partial charge in [0.05, 0.1) is 24.4 Å². The van der Waals surface area contributed by atoms with Gasteiger partial charge in [-0.2, -0.15) is 0 Å². The predicted molar refractivity (Wildman–Crippen MR) is 95.2 cm³/mol. The smallest absolute Gasteiger partial charge is 0.270 e. The molecule has 0 radical (unpaired) electrons. The van der Waals surface area contributed by atoms with Gasteiger partial charge in [-0.05, 0) is 26.0 Å². The van der Waals surface area contributed by atoms with Crippen LogP contribution in [0.1, 0.15) is 30.5 Å². The molecule has 1 fully saturated rings. The molecule has 0 spiro atoms. The Kier molecular flexibility index (Phi) is 7.01. The largest absolute Gasteiger partial charge is 0.490 e. The first kappa shape index (κ1) is 20.2. The van der Waals surface area contributed by atoms with E-state index < -0.39 is 6.10 Å². The first-order chi connectivity index (χ1) is 10.6. The molecule has 3 heterocycles. The summed E-state index contributed by atoms with van der Waals surface area (Å²) in [6, 6.07) is 3.37. The Balaban J connectivity index is 0.00000144. The van der Waals surface area contributed by atoms with Crippen LogP contribution in [0.15, 0.2) is 18.3 Å². The van der Waals surface area contributed by atoms with Crippen molar-refractivity contribution in [3.05, 3.63) is 29.7 Å². The van der Waals surface area contributed by atoms with Gasteiger partial charge in [-0.1, -0.05) is 7.43 Å². The Morgan fingerprint density at radius 1 is 1.54 bits per heavy atom. The first-order valence-corrected chi connectivity index (χ1v) is 7.42. The highest BCUT2D eigenvalue weighted by Crippen LogP contribution is 2.22. The number of pyridine rings is 1. The van der Waals surface area contributed by atoms with Crippen molar-refractivity contribution in [2.45, 2.75) is 33.4 Å². The number of imidazole rings is 1. The molecule has 2 aromatic heterocycles. The fraction of sp³-hybridized carbons (Fsp3) is 0.500. The van der Waals surface area contributed by atoms with Gasteiger partial charge in [-0.3, -0.25) is 9.20 Å². The molecule has 0 bridgehead atoms. The van der Waals surface area contributed by atoms with E-state index in [4.69, 9.17) is 4.74 Å². The van der Waals surface area contributed by atoms with E-state index in [1.54, 1.807) is 17.5 Å². The number of aliphatic hydroxyl groups excluding tert-OH is 1. The summed E-state index contributed by atoms with van der Waals surface area (Å²) in [6.45, 7) is 5.29. The van der Waals surface area contributed by atoms with Crippen LogP contribution in [-0.4, -0.2) is 52.2 Å². The third-order valence-electron chi connectivity index (χ3n) is 3.80. The molecule has 1 aliphatic rings. The molecule has 1 saturated heterocycles. The van der Waals surface area contributed by atoms with Crippen LogP contribution in [-0.2, 0) is 0 Å². The zero-order chi connectivity index (χ0) is 15.7. The fourth-order valence-corrected chi connectivity index (χ4v) is 2.75. The van der Waals surface area contributed by atoms with Crippen molar-refractivity contribution in [1.82, 2.24) is 20.0 Å². The summed E-state index contributed by atoms with van der Waals surface area (Å²) in [4.78, 5) is 17.0. The number of rotatable bonds is 4. The van der Waals surface area contributed by atoms with Gasteiger partial charge in [-0.15, -0.1) is 12.4 Å². The Bertz CT molecular complexity index is 704. The number of ether oxygens (including phenoxy) is 1. The number of hydrogen-bond donors (Lipinski definition) is 3. The second kappa shape index (κ2) is 8.32. The summed E-state index contributed by atoms with van der Waals surface area (Å²) in [7, 11) is 0. The van der Waals surface area contributed by atoms with Gasteiger partial charge in [0.15, 0.2) is 11.4 Å². The van der Waals surface area contributed by atoms with Crippen LogP contribution in [0.2, 0.25) is 0 Å². The Morgan fingerprint density at radius 2 is 2.29 bits per heavy atom. The highest BCUT2D eigenvalue weighted by molar-refractivity contribution is 5.95. The number of halogens is 1. The van der Waals surface area contributed by atoms with Crippen molar-refractivity contribution in [2.24, 2.45) is 0 Å². The molecule has 0 saturated carbocycles. The van der Waals surface area contributed by atoms with Crippen LogP contribution in [0.4, 0.5) is 0 Å². The zero-order valence-corrected chi connectivity index (χ0v) is 13.9. The maximum atomic E-state index is 12.6. The van der Waals surface area contributed by atoms with Crippen LogP contribution in [0.5, 0.6) is 5.75 Å². The van der Waals surface area contributed by atoms with E-state index in [9.17, 15) is 9.90 Å². The van der Waals surface area contributed by atoms with Gasteiger partial charge >= 0.3 is 0 Å². The van der Waals surface area contributed by atoms with Gasteiger partial charge in [0.25, 0.3) is 5.91 Å². The minimum Gasteiger partial charge on any atom is -0.490 e. The summed E-state index contributed by atoms with van der Waals surface area (Å²) >= 11 is 0. The molecular formula is C16H25ClN4O3. The lowest BCUT2D eigenvalue weighted by molar-refractivity contribution is 0.0882. The average molecular weight is 357 g/mol. The fourth-order valence-electron chi connectivity index (χ4n) is 2.75. The molecule has 1 amide bonds. The topological polar surface area (TPSA) is 87.9 Å². The molecule has 3 rings (SSSR count). The second-order valence-electron chi connectivity index (χ2n) is 5.35. The summed E-state index contributed by atoms with van der Waals surface area (Å²) in [5.74, 6) is 0.404. The minimum absolute atomic E-state index is 0. The quantitative estimate of drug-likeness (QED) is 0.765. The molecule has 3 N–H and O–H groups in total. The number of carbonyl (C=O) groups is 1. The average Bonchev–Trinajstić information content (AvgIpc) is 3.03. The van der Waals surface area contributed by atoms with Crippen LogP contribution in [0.25, 0.3) is 5.65 Å². The van der Waals surface area contributed by atoms with Gasteiger partial charge in [0.1, 0.15) is 5.69 Å². The van der Waals surface area contributed by atoms with Crippen molar-refractivity contribution in [3.8, 4) is 5.75 Å². The number of hydrogen-bond acceptors (Lipinski definition) is 5. The number of β-amino-alcohol motifs (C(OH)–C–C–N with tert-alkyl or cyclic N) is 1. The summed E-state index contributed by atoms with van der Waals surface area (Å²) in [5, 5.41) is 15.7. The molecule has 24 heavy (non-hydrogen) atoms. The Morgan fingerprint density at radius 3 is 2.92 bits per heavy atom. The molecule has 8 heteroatoms. The number of aromatic nitrogens is 2. The van der Waals surface area contributed by atoms with Crippen LogP contribution in [0.3, 0.4) is 0 Å². The number of fused-ring (bicyclic) bond motifs is 1. The highest BCUT2D eigenvalue weighted by Gasteiger charge is 2.28.